The zero-order valence-corrected chi connectivity index (χ0v) is 13.4. The minimum atomic E-state index is -1.33. The zero-order chi connectivity index (χ0) is 17.0. The standard InChI is InChI=1S/C15H10ClN3O3S/c1-9(20)19(13-4-2-11(16)3-5-13)15-18-12(8-23-15)6-10(7-17)14(21)22/h2-6,8H,1H3,(H,21,22)/b10-6+. The minimum absolute atomic E-state index is 0.254. The molecule has 1 heterocycles. The first-order chi connectivity index (χ1) is 10.9. The van der Waals surface area contributed by atoms with Crippen molar-refractivity contribution in [2.45, 2.75) is 6.92 Å². The number of thiazole rings is 1. The third kappa shape index (κ3) is 3.94. The SMILES string of the molecule is CC(=O)N(c1ccc(Cl)cc1)c1nc(/C=C(\C#N)C(=O)O)cs1. The summed E-state index contributed by atoms with van der Waals surface area (Å²) >= 11 is 7.00. The highest BCUT2D eigenvalue weighted by atomic mass is 35.5. The van der Waals surface area contributed by atoms with Crippen LogP contribution >= 0.6 is 22.9 Å². The largest absolute Gasteiger partial charge is 0.477 e. The molecule has 0 fully saturated rings. The van der Waals surface area contributed by atoms with Gasteiger partial charge < -0.3 is 5.11 Å². The van der Waals surface area contributed by atoms with Gasteiger partial charge in [-0.05, 0) is 30.3 Å². The van der Waals surface area contributed by atoms with Crippen molar-refractivity contribution in [3.63, 3.8) is 0 Å². The van der Waals surface area contributed by atoms with E-state index in [1.165, 1.54) is 11.8 Å². The van der Waals surface area contributed by atoms with E-state index < -0.39 is 11.5 Å². The lowest BCUT2D eigenvalue weighted by molar-refractivity contribution is -0.132. The molecule has 0 saturated heterocycles. The predicted octanol–water partition coefficient (Wildman–Crippen LogP) is 3.47. The molecule has 1 amide bonds. The van der Waals surface area contributed by atoms with Crippen molar-refractivity contribution in [1.82, 2.24) is 4.98 Å². The summed E-state index contributed by atoms with van der Waals surface area (Å²) in [5, 5.41) is 20.1. The van der Waals surface area contributed by atoms with Gasteiger partial charge in [-0.3, -0.25) is 9.69 Å². The number of aromatic nitrogens is 1. The minimum Gasteiger partial charge on any atom is -0.477 e. The average Bonchev–Trinajstić information content (AvgIpc) is 2.94. The first-order valence-corrected chi connectivity index (χ1v) is 7.55. The monoisotopic (exact) mass is 347 g/mol. The van der Waals surface area contributed by atoms with Gasteiger partial charge in [0, 0.05) is 17.3 Å². The number of amides is 1. The van der Waals surface area contributed by atoms with Crippen molar-refractivity contribution in [2.75, 3.05) is 4.90 Å². The second-order valence-electron chi connectivity index (χ2n) is 4.36. The van der Waals surface area contributed by atoms with Gasteiger partial charge in [0.05, 0.1) is 11.4 Å². The number of halogens is 1. The van der Waals surface area contributed by atoms with Crippen molar-refractivity contribution in [3.8, 4) is 6.07 Å². The molecule has 0 saturated carbocycles. The summed E-state index contributed by atoms with van der Waals surface area (Å²) in [6.07, 6.45) is 1.16. The molecule has 0 aliphatic rings. The highest BCUT2D eigenvalue weighted by molar-refractivity contribution is 7.14. The molecule has 0 spiro atoms. The van der Waals surface area contributed by atoms with E-state index in [1.807, 2.05) is 0 Å². The first-order valence-electron chi connectivity index (χ1n) is 6.29. The van der Waals surface area contributed by atoms with E-state index in [0.717, 1.165) is 17.4 Å². The number of carboxylic acids is 1. The van der Waals surface area contributed by atoms with Gasteiger partial charge in [0.1, 0.15) is 11.6 Å². The molecule has 1 aromatic heterocycles. The van der Waals surface area contributed by atoms with Crippen LogP contribution in [-0.4, -0.2) is 22.0 Å². The van der Waals surface area contributed by atoms with Crippen molar-refractivity contribution in [3.05, 3.63) is 45.9 Å². The quantitative estimate of drug-likeness (QED) is 0.675. The molecular formula is C15H10ClN3O3S. The van der Waals surface area contributed by atoms with E-state index in [9.17, 15) is 9.59 Å². The molecule has 6 nitrogen and oxygen atoms in total. The van der Waals surface area contributed by atoms with Gasteiger partial charge >= 0.3 is 5.97 Å². The molecule has 23 heavy (non-hydrogen) atoms. The molecule has 2 aromatic rings. The summed E-state index contributed by atoms with van der Waals surface area (Å²) < 4.78 is 0. The number of benzene rings is 1. The summed E-state index contributed by atoms with van der Waals surface area (Å²) in [6.45, 7) is 1.39. The lowest BCUT2D eigenvalue weighted by Crippen LogP contribution is -2.22. The zero-order valence-electron chi connectivity index (χ0n) is 11.9. The molecule has 1 N–H and O–H groups in total. The van der Waals surface area contributed by atoms with Crippen LogP contribution in [-0.2, 0) is 9.59 Å². The summed E-state index contributed by atoms with van der Waals surface area (Å²) in [5.41, 5.74) is 0.456. The van der Waals surface area contributed by atoms with Crippen LogP contribution in [0.2, 0.25) is 5.02 Å². The lowest BCUT2D eigenvalue weighted by atomic mass is 10.2. The number of rotatable bonds is 4. The maximum atomic E-state index is 11.9. The molecule has 0 aliphatic heterocycles. The van der Waals surface area contributed by atoms with Gasteiger partial charge in [-0.15, -0.1) is 11.3 Å². The van der Waals surface area contributed by atoms with Crippen LogP contribution in [0.25, 0.3) is 6.08 Å². The van der Waals surface area contributed by atoms with Crippen LogP contribution < -0.4 is 4.90 Å². The van der Waals surface area contributed by atoms with E-state index in [1.54, 1.807) is 35.7 Å². The van der Waals surface area contributed by atoms with Gasteiger partial charge in [-0.25, -0.2) is 9.78 Å². The topological polar surface area (TPSA) is 94.3 Å². The number of aliphatic carboxylic acids is 1. The Kier molecular flexibility index (Phi) is 5.11. The fourth-order valence-corrected chi connectivity index (χ4v) is 2.72. The van der Waals surface area contributed by atoms with Gasteiger partial charge in [-0.1, -0.05) is 11.6 Å². The number of hydrogen-bond donors (Lipinski definition) is 1. The Morgan fingerprint density at radius 1 is 1.39 bits per heavy atom. The second-order valence-corrected chi connectivity index (χ2v) is 5.63. The molecule has 1 aromatic carbocycles. The van der Waals surface area contributed by atoms with E-state index >= 15 is 0 Å². The number of carbonyl (C=O) groups is 2. The Morgan fingerprint density at radius 2 is 2.04 bits per heavy atom. The Morgan fingerprint density at radius 3 is 2.57 bits per heavy atom. The van der Waals surface area contributed by atoms with Gasteiger partial charge in [0.2, 0.25) is 5.91 Å². The summed E-state index contributed by atoms with van der Waals surface area (Å²) in [7, 11) is 0. The van der Waals surface area contributed by atoms with Crippen molar-refractivity contribution in [1.29, 1.82) is 5.26 Å². The molecule has 0 atom stereocenters. The van der Waals surface area contributed by atoms with Crippen LogP contribution in [0.3, 0.4) is 0 Å². The van der Waals surface area contributed by atoms with Crippen molar-refractivity contribution < 1.29 is 14.7 Å². The van der Waals surface area contributed by atoms with Crippen molar-refractivity contribution in [2.24, 2.45) is 0 Å². The molecule has 0 radical (unpaired) electrons. The molecular weight excluding hydrogens is 338 g/mol. The van der Waals surface area contributed by atoms with Crippen molar-refractivity contribution >= 4 is 51.7 Å². The van der Waals surface area contributed by atoms with Crippen LogP contribution in [0.15, 0.2) is 35.2 Å². The number of hydrogen-bond acceptors (Lipinski definition) is 5. The molecule has 0 bridgehead atoms. The van der Waals surface area contributed by atoms with Crippen LogP contribution in [0.4, 0.5) is 10.8 Å². The normalized spacial score (nSPS) is 10.9. The van der Waals surface area contributed by atoms with Gasteiger partial charge in [0.25, 0.3) is 0 Å². The number of carboxylic acid groups (broad SMARTS) is 1. The first kappa shape index (κ1) is 16.7. The third-order valence-electron chi connectivity index (χ3n) is 2.74. The average molecular weight is 348 g/mol. The Hall–Kier alpha value is -2.69. The molecule has 2 rings (SSSR count). The molecule has 0 aliphatic carbocycles. The Labute approximate surface area is 140 Å². The number of nitrogens with zero attached hydrogens (tertiary/aromatic N) is 3. The summed E-state index contributed by atoms with van der Waals surface area (Å²) in [5.74, 6) is -1.58. The maximum absolute atomic E-state index is 11.9. The van der Waals surface area contributed by atoms with Gasteiger partial charge in [0.15, 0.2) is 5.13 Å². The molecule has 0 unspecified atom stereocenters. The number of nitriles is 1. The van der Waals surface area contributed by atoms with Crippen LogP contribution in [0.5, 0.6) is 0 Å². The van der Waals surface area contributed by atoms with Crippen LogP contribution in [0, 0.1) is 11.3 Å². The summed E-state index contributed by atoms with van der Waals surface area (Å²) in [4.78, 5) is 28.3. The Bertz CT molecular complexity index is 821. The predicted molar refractivity (Wildman–Crippen MR) is 87.6 cm³/mol. The smallest absolute Gasteiger partial charge is 0.346 e. The van der Waals surface area contributed by atoms with Crippen LogP contribution in [0.1, 0.15) is 12.6 Å². The lowest BCUT2D eigenvalue weighted by Gasteiger charge is -2.17. The van der Waals surface area contributed by atoms with E-state index in [-0.39, 0.29) is 5.91 Å². The Balaban J connectivity index is 2.40. The highest BCUT2D eigenvalue weighted by Crippen LogP contribution is 2.30. The van der Waals surface area contributed by atoms with E-state index in [4.69, 9.17) is 22.0 Å². The fraction of sp³-hybridized carbons (Fsp3) is 0.0667. The number of anilines is 2. The molecule has 116 valence electrons. The highest BCUT2D eigenvalue weighted by Gasteiger charge is 2.18. The van der Waals surface area contributed by atoms with E-state index in [0.29, 0.717) is 21.5 Å². The fourth-order valence-electron chi connectivity index (χ4n) is 1.75. The van der Waals surface area contributed by atoms with Gasteiger partial charge in [-0.2, -0.15) is 5.26 Å². The second kappa shape index (κ2) is 7.05. The summed E-state index contributed by atoms with van der Waals surface area (Å²) in [6, 6.07) is 8.24. The third-order valence-corrected chi connectivity index (χ3v) is 3.84. The molecule has 8 heteroatoms. The maximum Gasteiger partial charge on any atom is 0.346 e. The number of carbonyl (C=O) groups excluding carboxylic acids is 1. The van der Waals surface area contributed by atoms with E-state index in [2.05, 4.69) is 4.98 Å².